The van der Waals surface area contributed by atoms with Gasteiger partial charge in [0, 0.05) is 22.0 Å². The van der Waals surface area contributed by atoms with Crippen LogP contribution in [0.4, 0.5) is 10.3 Å². The van der Waals surface area contributed by atoms with E-state index in [0.29, 0.717) is 22.4 Å². The maximum absolute atomic E-state index is 12.4. The van der Waals surface area contributed by atoms with Crippen molar-refractivity contribution in [1.82, 2.24) is 14.9 Å². The van der Waals surface area contributed by atoms with Crippen molar-refractivity contribution in [1.29, 1.82) is 0 Å². The standard InChI is InChI=1S/C20H21N5O2S2/c1-13-10-21-19(29-13)23-17(26)11-25-9-5-8-16(25)15-12-28-20(22-15)24-18(27)14-6-3-2-4-7-14/h2-4,6-7,10,12,16H,5,8-9,11H2,1H3,(H,21,23,26)(H,22,24,27). The van der Waals surface area contributed by atoms with Gasteiger partial charge in [0.15, 0.2) is 10.3 Å². The zero-order chi connectivity index (χ0) is 20.2. The second-order valence-corrected chi connectivity index (χ2v) is 8.94. The van der Waals surface area contributed by atoms with E-state index >= 15 is 0 Å². The number of hydrogen-bond donors (Lipinski definition) is 2. The van der Waals surface area contributed by atoms with Crippen LogP contribution in [-0.4, -0.2) is 39.8 Å². The van der Waals surface area contributed by atoms with E-state index in [1.54, 1.807) is 18.3 Å². The van der Waals surface area contributed by atoms with Crippen molar-refractivity contribution in [2.75, 3.05) is 23.7 Å². The van der Waals surface area contributed by atoms with Crippen LogP contribution < -0.4 is 10.6 Å². The van der Waals surface area contributed by atoms with Gasteiger partial charge >= 0.3 is 0 Å². The molecule has 1 saturated heterocycles. The highest BCUT2D eigenvalue weighted by atomic mass is 32.1. The molecule has 2 amide bonds. The number of benzene rings is 1. The molecule has 0 bridgehead atoms. The van der Waals surface area contributed by atoms with E-state index < -0.39 is 0 Å². The summed E-state index contributed by atoms with van der Waals surface area (Å²) in [6.45, 7) is 3.10. The molecule has 1 aliphatic rings. The molecule has 7 nitrogen and oxygen atoms in total. The normalized spacial score (nSPS) is 16.7. The molecule has 29 heavy (non-hydrogen) atoms. The van der Waals surface area contributed by atoms with Gasteiger partial charge in [-0.15, -0.1) is 22.7 Å². The van der Waals surface area contributed by atoms with Gasteiger partial charge in [-0.25, -0.2) is 9.97 Å². The molecule has 1 aliphatic heterocycles. The van der Waals surface area contributed by atoms with Crippen LogP contribution in [0.2, 0.25) is 0 Å². The number of carbonyl (C=O) groups is 2. The van der Waals surface area contributed by atoms with Crippen molar-refractivity contribution in [3.05, 3.63) is 58.0 Å². The van der Waals surface area contributed by atoms with Crippen molar-refractivity contribution < 1.29 is 9.59 Å². The first kappa shape index (κ1) is 19.7. The van der Waals surface area contributed by atoms with Gasteiger partial charge in [-0.3, -0.25) is 19.8 Å². The molecule has 1 fully saturated rings. The molecule has 3 heterocycles. The molecular formula is C20H21N5O2S2. The minimum absolute atomic E-state index is 0.0703. The van der Waals surface area contributed by atoms with Crippen molar-refractivity contribution in [2.45, 2.75) is 25.8 Å². The van der Waals surface area contributed by atoms with Gasteiger partial charge in [-0.1, -0.05) is 18.2 Å². The summed E-state index contributed by atoms with van der Waals surface area (Å²) in [4.78, 5) is 36.7. The van der Waals surface area contributed by atoms with Gasteiger partial charge in [-0.05, 0) is 38.4 Å². The van der Waals surface area contributed by atoms with E-state index in [4.69, 9.17) is 0 Å². The summed E-state index contributed by atoms with van der Waals surface area (Å²) in [5.41, 5.74) is 1.49. The summed E-state index contributed by atoms with van der Waals surface area (Å²) in [5, 5.41) is 8.88. The Morgan fingerprint density at radius 1 is 1.21 bits per heavy atom. The minimum atomic E-state index is -0.173. The van der Waals surface area contributed by atoms with Crippen molar-refractivity contribution >= 4 is 44.8 Å². The number of anilines is 2. The Bertz CT molecular complexity index is 1000. The van der Waals surface area contributed by atoms with E-state index in [0.717, 1.165) is 30.0 Å². The second-order valence-electron chi connectivity index (χ2n) is 6.85. The van der Waals surface area contributed by atoms with Crippen LogP contribution in [0.3, 0.4) is 0 Å². The number of carbonyl (C=O) groups excluding carboxylic acids is 2. The molecule has 3 aromatic rings. The summed E-state index contributed by atoms with van der Waals surface area (Å²) >= 11 is 2.87. The van der Waals surface area contributed by atoms with Crippen LogP contribution in [0, 0.1) is 6.92 Å². The fraction of sp³-hybridized carbons (Fsp3) is 0.300. The average Bonchev–Trinajstić information content (AvgIpc) is 3.44. The first-order chi connectivity index (χ1) is 14.1. The lowest BCUT2D eigenvalue weighted by atomic mass is 10.2. The largest absolute Gasteiger partial charge is 0.301 e. The first-order valence-electron chi connectivity index (χ1n) is 9.36. The Labute approximate surface area is 176 Å². The third-order valence-corrected chi connectivity index (χ3v) is 6.30. The Morgan fingerprint density at radius 2 is 2.03 bits per heavy atom. The van der Waals surface area contributed by atoms with Crippen LogP contribution in [0.25, 0.3) is 0 Å². The highest BCUT2D eigenvalue weighted by Crippen LogP contribution is 2.33. The predicted molar refractivity (Wildman–Crippen MR) is 116 cm³/mol. The lowest BCUT2D eigenvalue weighted by Crippen LogP contribution is -2.33. The zero-order valence-corrected chi connectivity index (χ0v) is 17.6. The number of amides is 2. The summed E-state index contributed by atoms with van der Waals surface area (Å²) in [5.74, 6) is -0.244. The molecular weight excluding hydrogens is 406 g/mol. The molecule has 4 rings (SSSR count). The number of aryl methyl sites for hydroxylation is 1. The number of aromatic nitrogens is 2. The third-order valence-electron chi connectivity index (χ3n) is 4.70. The third kappa shape index (κ3) is 4.87. The van der Waals surface area contributed by atoms with Crippen LogP contribution >= 0.6 is 22.7 Å². The van der Waals surface area contributed by atoms with Gasteiger partial charge in [0.25, 0.3) is 5.91 Å². The van der Waals surface area contributed by atoms with Gasteiger partial charge in [0.2, 0.25) is 5.91 Å². The highest BCUT2D eigenvalue weighted by molar-refractivity contribution is 7.15. The van der Waals surface area contributed by atoms with Gasteiger partial charge in [-0.2, -0.15) is 0 Å². The fourth-order valence-electron chi connectivity index (χ4n) is 3.36. The van der Waals surface area contributed by atoms with E-state index in [1.807, 2.05) is 30.5 Å². The molecule has 1 atom stereocenters. The Hall–Kier alpha value is -2.62. The number of nitrogens with zero attached hydrogens (tertiary/aromatic N) is 3. The molecule has 2 N–H and O–H groups in total. The lowest BCUT2D eigenvalue weighted by Gasteiger charge is -2.22. The second kappa shape index (κ2) is 8.81. The Kier molecular flexibility index (Phi) is 5.98. The van der Waals surface area contributed by atoms with Crippen molar-refractivity contribution in [3.8, 4) is 0 Å². The topological polar surface area (TPSA) is 87.2 Å². The molecule has 0 saturated carbocycles. The fourth-order valence-corrected chi connectivity index (χ4v) is 4.79. The SMILES string of the molecule is Cc1cnc(NC(=O)CN2CCCC2c2csc(NC(=O)c3ccccc3)n2)s1. The Morgan fingerprint density at radius 3 is 2.79 bits per heavy atom. The van der Waals surface area contributed by atoms with E-state index in [-0.39, 0.29) is 17.9 Å². The molecule has 1 unspecified atom stereocenters. The first-order valence-corrected chi connectivity index (χ1v) is 11.1. The molecule has 150 valence electrons. The lowest BCUT2D eigenvalue weighted by molar-refractivity contribution is -0.117. The average molecular weight is 428 g/mol. The Balaban J connectivity index is 1.37. The predicted octanol–water partition coefficient (Wildman–Crippen LogP) is 3.94. The van der Waals surface area contributed by atoms with E-state index in [9.17, 15) is 9.59 Å². The maximum atomic E-state index is 12.4. The molecule has 2 aromatic heterocycles. The maximum Gasteiger partial charge on any atom is 0.257 e. The zero-order valence-electron chi connectivity index (χ0n) is 15.9. The van der Waals surface area contributed by atoms with Crippen molar-refractivity contribution in [3.63, 3.8) is 0 Å². The van der Waals surface area contributed by atoms with E-state index in [1.165, 1.54) is 22.7 Å². The molecule has 9 heteroatoms. The van der Waals surface area contributed by atoms with Crippen LogP contribution in [-0.2, 0) is 4.79 Å². The highest BCUT2D eigenvalue weighted by Gasteiger charge is 2.29. The molecule has 0 spiro atoms. The smallest absolute Gasteiger partial charge is 0.257 e. The summed E-state index contributed by atoms with van der Waals surface area (Å²) in [6.07, 6.45) is 3.70. The summed E-state index contributed by atoms with van der Waals surface area (Å²) in [7, 11) is 0. The number of hydrogen-bond acceptors (Lipinski definition) is 7. The number of nitrogens with one attached hydrogen (secondary N) is 2. The molecule has 0 radical (unpaired) electrons. The van der Waals surface area contributed by atoms with Crippen LogP contribution in [0.15, 0.2) is 41.9 Å². The van der Waals surface area contributed by atoms with Crippen molar-refractivity contribution in [2.24, 2.45) is 0 Å². The van der Waals surface area contributed by atoms with E-state index in [2.05, 4.69) is 25.5 Å². The summed E-state index contributed by atoms with van der Waals surface area (Å²) < 4.78 is 0. The summed E-state index contributed by atoms with van der Waals surface area (Å²) in [6, 6.07) is 9.15. The monoisotopic (exact) mass is 427 g/mol. The quantitative estimate of drug-likeness (QED) is 0.622. The van der Waals surface area contributed by atoms with Crippen LogP contribution in [0.5, 0.6) is 0 Å². The van der Waals surface area contributed by atoms with Gasteiger partial charge in [0.1, 0.15) is 0 Å². The molecule has 1 aromatic carbocycles. The number of likely N-dealkylation sites (tertiary alicyclic amines) is 1. The van der Waals surface area contributed by atoms with Gasteiger partial charge in [0.05, 0.1) is 18.3 Å². The number of rotatable bonds is 6. The number of thiazole rings is 2. The minimum Gasteiger partial charge on any atom is -0.301 e. The van der Waals surface area contributed by atoms with Crippen LogP contribution in [0.1, 0.15) is 39.8 Å². The molecule has 0 aliphatic carbocycles. The van der Waals surface area contributed by atoms with Gasteiger partial charge < -0.3 is 5.32 Å².